The van der Waals surface area contributed by atoms with Gasteiger partial charge in [0.25, 0.3) is 0 Å². The molecule has 4 rings (SSSR count). The summed E-state index contributed by atoms with van der Waals surface area (Å²) in [6.07, 6.45) is -0.503. The Morgan fingerprint density at radius 1 is 0.409 bits per heavy atom. The van der Waals surface area contributed by atoms with Crippen molar-refractivity contribution < 1.29 is 28.4 Å². The zero-order chi connectivity index (χ0) is 30.5. The van der Waals surface area contributed by atoms with Crippen LogP contribution < -0.4 is 0 Å². The molecule has 0 aromatic heterocycles. The first-order chi connectivity index (χ1) is 21.7. The van der Waals surface area contributed by atoms with Crippen LogP contribution in [0.4, 0.5) is 0 Å². The maximum atomic E-state index is 6.20. The monoisotopic (exact) mass is 596 g/mol. The highest BCUT2D eigenvalue weighted by molar-refractivity contribution is 5.15. The smallest absolute Gasteiger partial charge is 0.105 e. The largest absolute Gasteiger partial charge is 0.374 e. The molecule has 4 aromatic rings. The van der Waals surface area contributed by atoms with E-state index in [-0.39, 0.29) is 12.2 Å². The van der Waals surface area contributed by atoms with E-state index >= 15 is 0 Å². The maximum absolute atomic E-state index is 6.20. The summed E-state index contributed by atoms with van der Waals surface area (Å²) in [4.78, 5) is 0. The van der Waals surface area contributed by atoms with Crippen LogP contribution in [-0.2, 0) is 54.8 Å². The fourth-order valence-electron chi connectivity index (χ4n) is 4.33. The molecule has 0 spiro atoms. The molecule has 0 heterocycles. The molecule has 232 valence electrons. The van der Waals surface area contributed by atoms with E-state index in [1.165, 1.54) is 0 Å². The highest BCUT2D eigenvalue weighted by Crippen LogP contribution is 2.10. The van der Waals surface area contributed by atoms with Crippen molar-refractivity contribution in [2.75, 3.05) is 39.6 Å². The molecule has 0 aliphatic heterocycles. The van der Waals surface area contributed by atoms with Crippen molar-refractivity contribution in [1.29, 1.82) is 0 Å². The van der Waals surface area contributed by atoms with Crippen LogP contribution in [0.1, 0.15) is 22.3 Å². The van der Waals surface area contributed by atoms with Gasteiger partial charge in [-0.05, 0) is 27.8 Å². The minimum atomic E-state index is -0.251. The van der Waals surface area contributed by atoms with Gasteiger partial charge in [0.05, 0.1) is 66.1 Å². The SMILES string of the molecule is C=C(COC(COCc1ccccc1)COCc1ccccc1)COC(COCc1ccccc1)COCc1ccccc1. The second-order valence-electron chi connectivity index (χ2n) is 10.6. The summed E-state index contributed by atoms with van der Waals surface area (Å²) < 4.78 is 36.3. The third-order valence-electron chi connectivity index (χ3n) is 6.71. The Kier molecular flexibility index (Phi) is 15.4. The molecule has 0 radical (unpaired) electrons. The number of hydrogen-bond donors (Lipinski definition) is 0. The van der Waals surface area contributed by atoms with Crippen LogP contribution in [0, 0.1) is 0 Å². The lowest BCUT2D eigenvalue weighted by Gasteiger charge is -2.21. The van der Waals surface area contributed by atoms with Gasteiger partial charge in [-0.2, -0.15) is 0 Å². The lowest BCUT2D eigenvalue weighted by atomic mass is 10.2. The number of ether oxygens (including phenoxy) is 6. The summed E-state index contributed by atoms with van der Waals surface area (Å²) in [5, 5.41) is 0. The highest BCUT2D eigenvalue weighted by atomic mass is 16.6. The molecule has 0 unspecified atom stereocenters. The molecule has 44 heavy (non-hydrogen) atoms. The van der Waals surface area contributed by atoms with E-state index < -0.39 is 0 Å². The fourth-order valence-corrected chi connectivity index (χ4v) is 4.33. The predicted molar refractivity (Wildman–Crippen MR) is 173 cm³/mol. The first-order valence-electron chi connectivity index (χ1n) is 15.1. The molecule has 0 atom stereocenters. The van der Waals surface area contributed by atoms with Gasteiger partial charge in [-0.1, -0.05) is 128 Å². The zero-order valence-electron chi connectivity index (χ0n) is 25.4. The normalized spacial score (nSPS) is 11.3. The van der Waals surface area contributed by atoms with E-state index in [4.69, 9.17) is 28.4 Å². The second-order valence-corrected chi connectivity index (χ2v) is 10.6. The summed E-state index contributed by atoms with van der Waals surface area (Å²) in [5.41, 5.74) is 5.28. The lowest BCUT2D eigenvalue weighted by Crippen LogP contribution is -2.29. The van der Waals surface area contributed by atoms with Crippen LogP contribution in [0.2, 0.25) is 0 Å². The molecule has 0 aliphatic rings. The van der Waals surface area contributed by atoms with Crippen molar-refractivity contribution in [3.63, 3.8) is 0 Å². The molecule has 6 heteroatoms. The van der Waals surface area contributed by atoms with Gasteiger partial charge in [-0.15, -0.1) is 0 Å². The van der Waals surface area contributed by atoms with Gasteiger partial charge in [0, 0.05) is 0 Å². The van der Waals surface area contributed by atoms with Gasteiger partial charge < -0.3 is 28.4 Å². The van der Waals surface area contributed by atoms with Crippen molar-refractivity contribution in [3.05, 3.63) is 156 Å². The van der Waals surface area contributed by atoms with Crippen LogP contribution in [0.5, 0.6) is 0 Å². The molecule has 0 bridgehead atoms. The van der Waals surface area contributed by atoms with Crippen molar-refractivity contribution in [3.8, 4) is 0 Å². The Morgan fingerprint density at radius 3 is 0.909 bits per heavy atom. The molecule has 0 aliphatic carbocycles. The Balaban J connectivity index is 1.23. The van der Waals surface area contributed by atoms with Gasteiger partial charge in [-0.3, -0.25) is 0 Å². The minimum Gasteiger partial charge on any atom is -0.374 e. The van der Waals surface area contributed by atoms with Crippen LogP contribution in [-0.4, -0.2) is 51.8 Å². The Bertz CT molecular complexity index is 1090. The Hall–Kier alpha value is -3.62. The molecule has 0 saturated carbocycles. The first-order valence-corrected chi connectivity index (χ1v) is 15.1. The first kappa shape index (κ1) is 33.3. The average molecular weight is 597 g/mol. The molecule has 0 amide bonds. The predicted octanol–water partition coefficient (Wildman–Crippen LogP) is 7.18. The molecule has 6 nitrogen and oxygen atoms in total. The third-order valence-corrected chi connectivity index (χ3v) is 6.71. The van der Waals surface area contributed by atoms with Crippen molar-refractivity contribution in [1.82, 2.24) is 0 Å². The molecule has 0 fully saturated rings. The lowest BCUT2D eigenvalue weighted by molar-refractivity contribution is -0.0729. The van der Waals surface area contributed by atoms with Crippen LogP contribution >= 0.6 is 0 Å². The molecule has 0 N–H and O–H groups in total. The number of benzene rings is 4. The molecular formula is C38H44O6. The van der Waals surface area contributed by atoms with Gasteiger partial charge in [0.1, 0.15) is 12.2 Å². The van der Waals surface area contributed by atoms with E-state index in [9.17, 15) is 0 Å². The summed E-state index contributed by atoms with van der Waals surface area (Å²) >= 11 is 0. The molecule has 4 aromatic carbocycles. The zero-order valence-corrected chi connectivity index (χ0v) is 25.4. The minimum absolute atomic E-state index is 0.251. The van der Waals surface area contributed by atoms with Gasteiger partial charge in [0.2, 0.25) is 0 Å². The molecular weight excluding hydrogens is 552 g/mol. The second kappa shape index (κ2) is 20.4. The number of hydrogen-bond acceptors (Lipinski definition) is 6. The van der Waals surface area contributed by atoms with Gasteiger partial charge in [-0.25, -0.2) is 0 Å². The van der Waals surface area contributed by atoms with E-state index in [0.717, 1.165) is 27.8 Å². The van der Waals surface area contributed by atoms with Gasteiger partial charge in [0.15, 0.2) is 0 Å². The van der Waals surface area contributed by atoms with E-state index in [1.54, 1.807) is 0 Å². The molecule has 0 saturated heterocycles. The Morgan fingerprint density at radius 2 is 0.659 bits per heavy atom. The summed E-state index contributed by atoms with van der Waals surface area (Å²) in [6, 6.07) is 40.4. The fraction of sp³-hybridized carbons (Fsp3) is 0.316. The van der Waals surface area contributed by atoms with E-state index in [0.29, 0.717) is 66.1 Å². The summed E-state index contributed by atoms with van der Waals surface area (Å²) in [5.74, 6) is 0. The summed E-state index contributed by atoms with van der Waals surface area (Å²) in [7, 11) is 0. The van der Waals surface area contributed by atoms with Crippen LogP contribution in [0.15, 0.2) is 133 Å². The highest BCUT2D eigenvalue weighted by Gasteiger charge is 2.15. The van der Waals surface area contributed by atoms with E-state index in [2.05, 4.69) is 6.58 Å². The summed E-state index contributed by atoms with van der Waals surface area (Å²) in [6.45, 7) is 8.52. The quantitative estimate of drug-likeness (QED) is 0.0896. The van der Waals surface area contributed by atoms with E-state index in [1.807, 2.05) is 121 Å². The Labute approximate surface area is 262 Å². The van der Waals surface area contributed by atoms with Crippen molar-refractivity contribution in [2.24, 2.45) is 0 Å². The van der Waals surface area contributed by atoms with Crippen LogP contribution in [0.25, 0.3) is 0 Å². The average Bonchev–Trinajstić information content (AvgIpc) is 3.07. The van der Waals surface area contributed by atoms with Crippen LogP contribution in [0.3, 0.4) is 0 Å². The van der Waals surface area contributed by atoms with Crippen molar-refractivity contribution in [2.45, 2.75) is 38.6 Å². The topological polar surface area (TPSA) is 55.4 Å². The van der Waals surface area contributed by atoms with Gasteiger partial charge >= 0.3 is 0 Å². The number of rotatable bonds is 22. The van der Waals surface area contributed by atoms with Crippen molar-refractivity contribution >= 4 is 0 Å². The standard InChI is InChI=1S/C38H44O6/c1-32(22-43-37(28-39-24-33-14-6-2-7-15-33)29-40-25-34-16-8-3-9-17-34)23-44-38(30-41-26-35-18-10-4-11-19-35)31-42-27-36-20-12-5-13-21-36/h2-21,37-38H,1,22-31H2. The maximum Gasteiger partial charge on any atom is 0.105 e. The third kappa shape index (κ3) is 13.8.